The van der Waals surface area contributed by atoms with E-state index in [9.17, 15) is 9.59 Å². The predicted molar refractivity (Wildman–Crippen MR) is 58.9 cm³/mol. The largest absolute Gasteiger partial charge is 0.370 e. The molecule has 1 aliphatic rings. The van der Waals surface area contributed by atoms with Gasteiger partial charge in [0.1, 0.15) is 0 Å². The lowest BCUT2D eigenvalue weighted by Gasteiger charge is -2.19. The molecule has 5 N–H and O–H groups in total. The van der Waals surface area contributed by atoms with Crippen LogP contribution in [0.4, 0.5) is 0 Å². The number of hydrogen-bond donors (Lipinski definition) is 3. The Bertz CT molecular complexity index is 197. The Morgan fingerprint density at radius 1 is 1.60 bits per heavy atom. The van der Waals surface area contributed by atoms with Gasteiger partial charge in [-0.2, -0.15) is 0 Å². The number of rotatable bonds is 3. The molecule has 88 valence electrons. The minimum absolute atomic E-state index is 0.166. The molecule has 5 heteroatoms. The molecule has 0 aromatic heterocycles. The van der Waals surface area contributed by atoms with E-state index in [-0.39, 0.29) is 11.8 Å². The molecule has 0 bridgehead atoms. The van der Waals surface area contributed by atoms with Gasteiger partial charge in [0, 0.05) is 19.4 Å². The first kappa shape index (κ1) is 13.9. The van der Waals surface area contributed by atoms with Crippen molar-refractivity contribution in [1.82, 2.24) is 5.32 Å². The molecular weight excluding hydrogens is 194 g/mol. The first-order valence-electron chi connectivity index (χ1n) is 5.35. The molecule has 1 fully saturated rings. The van der Waals surface area contributed by atoms with Crippen molar-refractivity contribution in [1.29, 1.82) is 0 Å². The fourth-order valence-electron chi connectivity index (χ4n) is 1.23. The topological polar surface area (TPSA) is 98.2 Å². The molecule has 0 radical (unpaired) electrons. The maximum absolute atomic E-state index is 10.6. The van der Waals surface area contributed by atoms with Crippen LogP contribution in [-0.4, -0.2) is 24.9 Å². The SMILES string of the molecule is CCCC(N)=O.NCC1CCC(=O)NC1. The van der Waals surface area contributed by atoms with Crippen LogP contribution in [0, 0.1) is 5.92 Å². The third-order valence-corrected chi connectivity index (χ3v) is 2.20. The van der Waals surface area contributed by atoms with Crippen molar-refractivity contribution in [3.05, 3.63) is 0 Å². The van der Waals surface area contributed by atoms with Crippen molar-refractivity contribution in [3.63, 3.8) is 0 Å². The van der Waals surface area contributed by atoms with Crippen molar-refractivity contribution in [2.24, 2.45) is 17.4 Å². The maximum Gasteiger partial charge on any atom is 0.220 e. The summed E-state index contributed by atoms with van der Waals surface area (Å²) in [5, 5.41) is 2.76. The van der Waals surface area contributed by atoms with E-state index in [2.05, 4.69) is 5.32 Å². The van der Waals surface area contributed by atoms with E-state index in [4.69, 9.17) is 11.5 Å². The average Bonchev–Trinajstić information content (AvgIpc) is 2.20. The summed E-state index contributed by atoms with van der Waals surface area (Å²) in [5.74, 6) is 0.472. The Morgan fingerprint density at radius 3 is 2.53 bits per heavy atom. The van der Waals surface area contributed by atoms with Gasteiger partial charge in [-0.3, -0.25) is 9.59 Å². The molecule has 1 aliphatic heterocycles. The lowest BCUT2D eigenvalue weighted by atomic mass is 10.00. The molecule has 1 rings (SSSR count). The number of nitrogens with two attached hydrogens (primary N) is 2. The van der Waals surface area contributed by atoms with E-state index in [1.165, 1.54) is 0 Å². The van der Waals surface area contributed by atoms with Gasteiger partial charge in [-0.05, 0) is 25.3 Å². The fourth-order valence-corrected chi connectivity index (χ4v) is 1.23. The molecule has 2 amide bonds. The summed E-state index contributed by atoms with van der Waals surface area (Å²) in [6, 6.07) is 0. The summed E-state index contributed by atoms with van der Waals surface area (Å²) in [6.07, 6.45) is 2.99. The van der Waals surface area contributed by atoms with Gasteiger partial charge < -0.3 is 16.8 Å². The third-order valence-electron chi connectivity index (χ3n) is 2.20. The molecule has 1 heterocycles. The van der Waals surface area contributed by atoms with Crippen LogP contribution in [0.25, 0.3) is 0 Å². The predicted octanol–water partition coefficient (Wildman–Crippen LogP) is -0.257. The number of hydrogen-bond acceptors (Lipinski definition) is 3. The van der Waals surface area contributed by atoms with Gasteiger partial charge in [-0.25, -0.2) is 0 Å². The van der Waals surface area contributed by atoms with Crippen molar-refractivity contribution in [3.8, 4) is 0 Å². The number of carbonyl (C=O) groups excluding carboxylic acids is 2. The number of primary amides is 1. The van der Waals surface area contributed by atoms with E-state index < -0.39 is 0 Å². The molecule has 1 saturated heterocycles. The standard InChI is InChI=1S/C6H12N2O.C4H9NO/c7-3-5-1-2-6(9)8-4-5;1-2-3-4(5)6/h5H,1-4,7H2,(H,8,9);2-3H2,1H3,(H2,5,6). The zero-order chi connectivity index (χ0) is 11.7. The quantitative estimate of drug-likeness (QED) is 0.605. The minimum atomic E-state index is -0.211. The summed E-state index contributed by atoms with van der Waals surface area (Å²) in [5.41, 5.74) is 10.2. The highest BCUT2D eigenvalue weighted by Gasteiger charge is 2.15. The van der Waals surface area contributed by atoms with Crippen LogP contribution in [0.5, 0.6) is 0 Å². The summed E-state index contributed by atoms with van der Waals surface area (Å²) < 4.78 is 0. The molecule has 0 aromatic rings. The summed E-state index contributed by atoms with van der Waals surface area (Å²) >= 11 is 0. The monoisotopic (exact) mass is 215 g/mol. The Labute approximate surface area is 90.6 Å². The second-order valence-electron chi connectivity index (χ2n) is 3.66. The lowest BCUT2D eigenvalue weighted by Crippen LogP contribution is -2.37. The number of piperidine rings is 1. The van der Waals surface area contributed by atoms with Gasteiger partial charge in [0.25, 0.3) is 0 Å². The van der Waals surface area contributed by atoms with Crippen LogP contribution < -0.4 is 16.8 Å². The molecule has 1 unspecified atom stereocenters. The lowest BCUT2D eigenvalue weighted by molar-refractivity contribution is -0.123. The second-order valence-corrected chi connectivity index (χ2v) is 3.66. The van der Waals surface area contributed by atoms with Crippen LogP contribution >= 0.6 is 0 Å². The fraction of sp³-hybridized carbons (Fsp3) is 0.800. The van der Waals surface area contributed by atoms with Crippen LogP contribution in [0.2, 0.25) is 0 Å². The first-order valence-corrected chi connectivity index (χ1v) is 5.35. The minimum Gasteiger partial charge on any atom is -0.370 e. The van der Waals surface area contributed by atoms with Gasteiger partial charge in [0.2, 0.25) is 11.8 Å². The number of nitrogens with one attached hydrogen (secondary N) is 1. The van der Waals surface area contributed by atoms with Crippen LogP contribution in [0.15, 0.2) is 0 Å². The zero-order valence-corrected chi connectivity index (χ0v) is 9.29. The van der Waals surface area contributed by atoms with Gasteiger partial charge in [0.15, 0.2) is 0 Å². The average molecular weight is 215 g/mol. The molecule has 0 aliphatic carbocycles. The molecule has 0 aromatic carbocycles. The molecule has 1 atom stereocenters. The van der Waals surface area contributed by atoms with Gasteiger partial charge in [-0.1, -0.05) is 6.92 Å². The molecule has 0 saturated carbocycles. The van der Waals surface area contributed by atoms with E-state index in [1.807, 2.05) is 6.92 Å². The van der Waals surface area contributed by atoms with E-state index in [0.29, 0.717) is 25.3 Å². The first-order chi connectivity index (χ1) is 7.10. The van der Waals surface area contributed by atoms with Gasteiger partial charge in [-0.15, -0.1) is 0 Å². The maximum atomic E-state index is 10.6. The van der Waals surface area contributed by atoms with E-state index in [0.717, 1.165) is 19.4 Å². The zero-order valence-electron chi connectivity index (χ0n) is 9.29. The normalized spacial score (nSPS) is 19.9. The number of amides is 2. The van der Waals surface area contributed by atoms with Gasteiger partial charge in [0.05, 0.1) is 0 Å². The highest BCUT2D eigenvalue weighted by atomic mass is 16.1. The van der Waals surface area contributed by atoms with Crippen molar-refractivity contribution in [2.45, 2.75) is 32.6 Å². The molecular formula is C10H21N3O2. The van der Waals surface area contributed by atoms with E-state index >= 15 is 0 Å². The van der Waals surface area contributed by atoms with Crippen molar-refractivity contribution < 1.29 is 9.59 Å². The van der Waals surface area contributed by atoms with E-state index in [1.54, 1.807) is 0 Å². The molecule has 15 heavy (non-hydrogen) atoms. The molecule has 5 nitrogen and oxygen atoms in total. The van der Waals surface area contributed by atoms with Crippen molar-refractivity contribution >= 4 is 11.8 Å². The van der Waals surface area contributed by atoms with Crippen LogP contribution in [0.1, 0.15) is 32.6 Å². The molecule has 0 spiro atoms. The summed E-state index contributed by atoms with van der Waals surface area (Å²) in [7, 11) is 0. The Balaban J connectivity index is 0.000000288. The number of carbonyl (C=O) groups is 2. The highest BCUT2D eigenvalue weighted by Crippen LogP contribution is 2.07. The summed E-state index contributed by atoms with van der Waals surface area (Å²) in [6.45, 7) is 3.39. The van der Waals surface area contributed by atoms with Crippen LogP contribution in [0.3, 0.4) is 0 Å². The van der Waals surface area contributed by atoms with Crippen molar-refractivity contribution in [2.75, 3.05) is 13.1 Å². The van der Waals surface area contributed by atoms with Gasteiger partial charge >= 0.3 is 0 Å². The smallest absolute Gasteiger partial charge is 0.220 e. The van der Waals surface area contributed by atoms with Crippen LogP contribution in [-0.2, 0) is 9.59 Å². The Kier molecular flexibility index (Phi) is 7.62. The summed E-state index contributed by atoms with van der Waals surface area (Å²) in [4.78, 5) is 20.4. The Morgan fingerprint density at radius 2 is 2.27 bits per heavy atom. The second kappa shape index (κ2) is 8.23. The third kappa shape index (κ3) is 7.93. The Hall–Kier alpha value is -1.10. The highest BCUT2D eigenvalue weighted by molar-refractivity contribution is 5.76.